The van der Waals surface area contributed by atoms with Crippen molar-refractivity contribution in [3.8, 4) is 17.3 Å². The topological polar surface area (TPSA) is 130 Å². The van der Waals surface area contributed by atoms with Gasteiger partial charge < -0.3 is 9.15 Å². The van der Waals surface area contributed by atoms with Gasteiger partial charge in [0, 0.05) is 23.8 Å². The second-order valence-electron chi connectivity index (χ2n) is 7.94. The third kappa shape index (κ3) is 5.14. The SMILES string of the molecule is O=C(/C=C/c1cccc([N+](=O)[O-])c1)Oc1ccccc1C=Nn1c(-c2ccco2)nc2ccccc2c1=O. The lowest BCUT2D eigenvalue weighted by Crippen LogP contribution is -2.20. The fourth-order valence-electron chi connectivity index (χ4n) is 3.64. The molecule has 5 aromatic rings. The van der Waals surface area contributed by atoms with E-state index in [-0.39, 0.29) is 17.3 Å². The van der Waals surface area contributed by atoms with Gasteiger partial charge in [0.15, 0.2) is 5.76 Å². The highest BCUT2D eigenvalue weighted by Crippen LogP contribution is 2.21. The molecule has 5 rings (SSSR count). The van der Waals surface area contributed by atoms with Gasteiger partial charge in [-0.05, 0) is 48.0 Å². The van der Waals surface area contributed by atoms with Crippen LogP contribution in [0.2, 0.25) is 0 Å². The molecule has 38 heavy (non-hydrogen) atoms. The number of aromatic nitrogens is 2. The molecule has 2 aromatic heterocycles. The molecule has 0 aliphatic rings. The van der Waals surface area contributed by atoms with E-state index in [0.29, 0.717) is 27.8 Å². The highest BCUT2D eigenvalue weighted by Gasteiger charge is 2.15. The van der Waals surface area contributed by atoms with Crippen LogP contribution in [0.1, 0.15) is 11.1 Å². The predicted molar refractivity (Wildman–Crippen MR) is 141 cm³/mol. The maximum Gasteiger partial charge on any atom is 0.336 e. The number of carbonyl (C=O) groups is 1. The molecule has 0 atom stereocenters. The van der Waals surface area contributed by atoms with Crippen molar-refractivity contribution in [2.45, 2.75) is 0 Å². The van der Waals surface area contributed by atoms with Crippen LogP contribution in [-0.4, -0.2) is 26.8 Å². The Morgan fingerprint density at radius 3 is 2.66 bits per heavy atom. The lowest BCUT2D eigenvalue weighted by atomic mass is 10.2. The molecule has 186 valence electrons. The fourth-order valence-corrected chi connectivity index (χ4v) is 3.64. The van der Waals surface area contributed by atoms with Gasteiger partial charge in [-0.1, -0.05) is 36.4 Å². The van der Waals surface area contributed by atoms with Gasteiger partial charge in [-0.2, -0.15) is 9.78 Å². The van der Waals surface area contributed by atoms with Crippen LogP contribution in [-0.2, 0) is 4.79 Å². The summed E-state index contributed by atoms with van der Waals surface area (Å²) < 4.78 is 12.1. The van der Waals surface area contributed by atoms with Crippen molar-refractivity contribution in [2.24, 2.45) is 5.10 Å². The standard InChI is InChI=1S/C28H18N4O6/c33-26(15-14-19-7-5-9-21(17-19)32(35)36)38-24-12-4-1-8-20(24)18-29-31-27(25-13-6-16-37-25)30-23-11-3-2-10-22(23)28(31)34/h1-18H/b15-14+,29-18?. The Hall–Kier alpha value is -5.64. The van der Waals surface area contributed by atoms with Gasteiger partial charge in [0.05, 0.1) is 28.3 Å². The normalized spacial score (nSPS) is 11.4. The third-order valence-electron chi connectivity index (χ3n) is 5.43. The first-order valence-corrected chi connectivity index (χ1v) is 11.3. The van der Waals surface area contributed by atoms with Crippen molar-refractivity contribution >= 4 is 34.9 Å². The number of nitro groups is 1. The zero-order chi connectivity index (χ0) is 26.5. The molecule has 0 unspecified atom stereocenters. The van der Waals surface area contributed by atoms with Crippen LogP contribution in [0.3, 0.4) is 0 Å². The van der Waals surface area contributed by atoms with Crippen molar-refractivity contribution in [1.82, 2.24) is 9.66 Å². The second-order valence-corrected chi connectivity index (χ2v) is 7.94. The van der Waals surface area contributed by atoms with Crippen LogP contribution in [0, 0.1) is 10.1 Å². The van der Waals surface area contributed by atoms with E-state index in [2.05, 4.69) is 10.1 Å². The molecule has 0 amide bonds. The van der Waals surface area contributed by atoms with Crippen LogP contribution in [0.25, 0.3) is 28.6 Å². The summed E-state index contributed by atoms with van der Waals surface area (Å²) in [7, 11) is 0. The Balaban J connectivity index is 1.44. The van der Waals surface area contributed by atoms with Crippen LogP contribution < -0.4 is 10.3 Å². The van der Waals surface area contributed by atoms with Crippen molar-refractivity contribution in [1.29, 1.82) is 0 Å². The largest absolute Gasteiger partial charge is 0.461 e. The molecule has 3 aromatic carbocycles. The zero-order valence-corrected chi connectivity index (χ0v) is 19.6. The average molecular weight is 506 g/mol. The fraction of sp³-hybridized carbons (Fsp3) is 0. The van der Waals surface area contributed by atoms with Crippen LogP contribution in [0.5, 0.6) is 5.75 Å². The lowest BCUT2D eigenvalue weighted by Gasteiger charge is -2.08. The molecule has 0 bridgehead atoms. The first-order chi connectivity index (χ1) is 18.5. The molecular formula is C28H18N4O6. The summed E-state index contributed by atoms with van der Waals surface area (Å²) in [6.45, 7) is 0. The van der Waals surface area contributed by atoms with Gasteiger partial charge in [-0.25, -0.2) is 9.78 Å². The van der Waals surface area contributed by atoms with E-state index in [1.807, 2.05) is 0 Å². The van der Waals surface area contributed by atoms with Crippen molar-refractivity contribution < 1.29 is 18.9 Å². The van der Waals surface area contributed by atoms with E-state index in [4.69, 9.17) is 9.15 Å². The quantitative estimate of drug-likeness (QED) is 0.0753. The number of furan rings is 1. The molecule has 0 spiro atoms. The zero-order valence-electron chi connectivity index (χ0n) is 19.6. The molecule has 10 nitrogen and oxygen atoms in total. The summed E-state index contributed by atoms with van der Waals surface area (Å²) in [6, 6.07) is 22.8. The molecule has 0 saturated heterocycles. The number of hydrogen-bond donors (Lipinski definition) is 0. The smallest absolute Gasteiger partial charge is 0.336 e. The summed E-state index contributed by atoms with van der Waals surface area (Å²) in [5.41, 5.74) is 0.914. The van der Waals surface area contributed by atoms with Gasteiger partial charge in [-0.3, -0.25) is 14.9 Å². The Labute approximate surface area is 214 Å². The molecule has 0 radical (unpaired) electrons. The van der Waals surface area contributed by atoms with Gasteiger partial charge >= 0.3 is 5.97 Å². The van der Waals surface area contributed by atoms with E-state index in [1.165, 1.54) is 42.8 Å². The van der Waals surface area contributed by atoms with Gasteiger partial charge in [-0.15, -0.1) is 0 Å². The maximum atomic E-state index is 13.2. The number of nitro benzene ring substituents is 1. The third-order valence-corrected chi connectivity index (χ3v) is 5.43. The number of fused-ring (bicyclic) bond motifs is 1. The van der Waals surface area contributed by atoms with E-state index >= 15 is 0 Å². The van der Waals surface area contributed by atoms with E-state index in [0.717, 1.165) is 4.68 Å². The number of non-ortho nitro benzene ring substituents is 1. The van der Waals surface area contributed by atoms with Crippen LogP contribution in [0.4, 0.5) is 5.69 Å². The minimum absolute atomic E-state index is 0.0885. The minimum Gasteiger partial charge on any atom is -0.461 e. The first kappa shape index (κ1) is 24.1. The number of rotatable bonds is 7. The summed E-state index contributed by atoms with van der Waals surface area (Å²) in [5, 5.41) is 15.7. The summed E-state index contributed by atoms with van der Waals surface area (Å²) in [4.78, 5) is 40.7. The van der Waals surface area contributed by atoms with Crippen molar-refractivity contribution in [2.75, 3.05) is 0 Å². The monoisotopic (exact) mass is 506 g/mol. The highest BCUT2D eigenvalue weighted by molar-refractivity contribution is 5.91. The molecule has 0 fully saturated rings. The van der Waals surface area contributed by atoms with Crippen LogP contribution in [0.15, 0.2) is 112 Å². The van der Waals surface area contributed by atoms with Crippen molar-refractivity contribution in [3.63, 3.8) is 0 Å². The number of esters is 1. The van der Waals surface area contributed by atoms with Crippen molar-refractivity contribution in [3.05, 3.63) is 129 Å². The van der Waals surface area contributed by atoms with Crippen LogP contribution >= 0.6 is 0 Å². The second kappa shape index (κ2) is 10.5. The number of hydrogen-bond acceptors (Lipinski definition) is 8. The number of ether oxygens (including phenoxy) is 1. The number of carbonyl (C=O) groups excluding carboxylic acids is 1. The summed E-state index contributed by atoms with van der Waals surface area (Å²) in [5.74, 6) is 0.0739. The summed E-state index contributed by atoms with van der Waals surface area (Å²) >= 11 is 0. The van der Waals surface area contributed by atoms with E-state index in [1.54, 1.807) is 66.7 Å². The maximum absolute atomic E-state index is 13.2. The Bertz CT molecular complexity index is 1770. The average Bonchev–Trinajstić information content (AvgIpc) is 3.47. The lowest BCUT2D eigenvalue weighted by molar-refractivity contribution is -0.384. The number of nitrogens with zero attached hydrogens (tertiary/aromatic N) is 4. The van der Waals surface area contributed by atoms with Gasteiger partial charge in [0.2, 0.25) is 5.82 Å². The molecule has 0 N–H and O–H groups in total. The Morgan fingerprint density at radius 1 is 1.03 bits per heavy atom. The molecular weight excluding hydrogens is 488 g/mol. The highest BCUT2D eigenvalue weighted by atomic mass is 16.6. The Kier molecular flexibility index (Phi) is 6.68. The Morgan fingerprint density at radius 2 is 1.84 bits per heavy atom. The molecule has 0 saturated carbocycles. The first-order valence-electron chi connectivity index (χ1n) is 11.3. The minimum atomic E-state index is -0.696. The number of benzene rings is 3. The van der Waals surface area contributed by atoms with Gasteiger partial charge in [0.1, 0.15) is 5.75 Å². The van der Waals surface area contributed by atoms with E-state index < -0.39 is 16.5 Å². The molecule has 10 heteroatoms. The molecule has 0 aliphatic heterocycles. The predicted octanol–water partition coefficient (Wildman–Crippen LogP) is 5.07. The van der Waals surface area contributed by atoms with E-state index in [9.17, 15) is 19.7 Å². The van der Waals surface area contributed by atoms with Gasteiger partial charge in [0.25, 0.3) is 11.2 Å². The number of para-hydroxylation sites is 2. The summed E-state index contributed by atoms with van der Waals surface area (Å²) in [6.07, 6.45) is 5.44. The molecule has 0 aliphatic carbocycles. The molecule has 2 heterocycles.